The predicted octanol–water partition coefficient (Wildman–Crippen LogP) is 8.06. The van der Waals surface area contributed by atoms with Gasteiger partial charge in [-0.2, -0.15) is 0 Å². The summed E-state index contributed by atoms with van der Waals surface area (Å²) in [5.74, 6) is -0.177. The van der Waals surface area contributed by atoms with Gasteiger partial charge in [-0.3, -0.25) is 9.59 Å². The monoisotopic (exact) mass is 588 g/mol. The first kappa shape index (κ1) is 31.8. The number of nitrogens with one attached hydrogen (secondary N) is 1. The minimum Gasteiger partial charge on any atom is -0.460 e. The number of likely N-dealkylation sites (tertiary alicyclic amines) is 1. The number of benzene rings is 3. The predicted molar refractivity (Wildman–Crippen MR) is 172 cm³/mol. The molecule has 4 rings (SSSR count). The maximum atomic E-state index is 13.3. The number of hydrogen-bond donors (Lipinski definition) is 1. The van der Waals surface area contributed by atoms with Gasteiger partial charge in [0.1, 0.15) is 5.60 Å². The quantitative estimate of drug-likeness (QED) is 0.230. The molecular formula is C36H45ClN2O3. The van der Waals surface area contributed by atoms with Crippen LogP contribution in [0.15, 0.2) is 78.9 Å². The van der Waals surface area contributed by atoms with E-state index < -0.39 is 5.60 Å². The van der Waals surface area contributed by atoms with E-state index in [9.17, 15) is 9.59 Å². The number of piperidine rings is 1. The Morgan fingerprint density at radius 3 is 2.31 bits per heavy atom. The maximum Gasteiger partial charge on any atom is 0.307 e. The molecule has 3 aromatic carbocycles. The van der Waals surface area contributed by atoms with Crippen LogP contribution < -0.4 is 5.32 Å². The molecule has 0 bridgehead atoms. The van der Waals surface area contributed by atoms with Gasteiger partial charge in [0.15, 0.2) is 0 Å². The van der Waals surface area contributed by atoms with E-state index in [0.29, 0.717) is 17.0 Å². The van der Waals surface area contributed by atoms with Crippen LogP contribution in [-0.2, 0) is 14.9 Å². The summed E-state index contributed by atoms with van der Waals surface area (Å²) < 4.78 is 5.74. The molecule has 0 spiro atoms. The molecule has 1 N–H and O–H groups in total. The van der Waals surface area contributed by atoms with Crippen molar-refractivity contribution < 1.29 is 14.3 Å². The standard InChI is InChI=1S/C36H45ClN2O3/c1-5-36(28-14-7-6-8-15-28,26-33(40)42-35(2,3)4)21-12-22-39-23-19-30(20-24-39)38-34(41)32-18-10-9-17-31(32)27-13-11-16-29(37)25-27/h6-11,13-18,25,30H,5,12,19-24,26H2,1-4H3,(H,38,41). The lowest BCUT2D eigenvalue weighted by Crippen LogP contribution is -2.45. The molecule has 0 saturated carbocycles. The van der Waals surface area contributed by atoms with Crippen LogP contribution in [0.25, 0.3) is 11.1 Å². The molecule has 1 heterocycles. The Labute approximate surface area is 256 Å². The van der Waals surface area contributed by atoms with Gasteiger partial charge in [0, 0.05) is 35.1 Å². The normalized spacial score (nSPS) is 16.0. The Balaban J connectivity index is 1.32. The van der Waals surface area contributed by atoms with Crippen LogP contribution in [0.5, 0.6) is 0 Å². The Bertz CT molecular complexity index is 1330. The maximum absolute atomic E-state index is 13.3. The first-order valence-corrected chi connectivity index (χ1v) is 15.6. The van der Waals surface area contributed by atoms with Crippen molar-refractivity contribution in [2.75, 3.05) is 19.6 Å². The number of carbonyl (C=O) groups is 2. The molecule has 1 saturated heterocycles. The second kappa shape index (κ2) is 14.3. The molecule has 3 aromatic rings. The molecule has 6 heteroatoms. The number of esters is 1. The molecule has 224 valence electrons. The van der Waals surface area contributed by atoms with Crippen molar-refractivity contribution in [3.8, 4) is 11.1 Å². The Kier molecular flexibility index (Phi) is 10.9. The summed E-state index contributed by atoms with van der Waals surface area (Å²) in [5.41, 5.74) is 2.96. The van der Waals surface area contributed by atoms with Crippen LogP contribution in [0, 0.1) is 0 Å². The van der Waals surface area contributed by atoms with E-state index in [1.165, 1.54) is 5.56 Å². The molecular weight excluding hydrogens is 544 g/mol. The lowest BCUT2D eigenvalue weighted by molar-refractivity contribution is -0.156. The van der Waals surface area contributed by atoms with Crippen molar-refractivity contribution in [1.82, 2.24) is 10.2 Å². The molecule has 0 aromatic heterocycles. The smallest absolute Gasteiger partial charge is 0.307 e. The molecule has 5 nitrogen and oxygen atoms in total. The van der Waals surface area contributed by atoms with Crippen LogP contribution in [0.3, 0.4) is 0 Å². The number of hydrogen-bond acceptors (Lipinski definition) is 4. The number of rotatable bonds is 11. The molecule has 1 aliphatic rings. The molecule has 0 aliphatic carbocycles. The fourth-order valence-corrected chi connectivity index (χ4v) is 6.27. The lowest BCUT2D eigenvalue weighted by atomic mass is 9.72. The van der Waals surface area contributed by atoms with Gasteiger partial charge in [0.05, 0.1) is 6.42 Å². The van der Waals surface area contributed by atoms with Gasteiger partial charge in [0.2, 0.25) is 0 Å². The van der Waals surface area contributed by atoms with E-state index in [4.69, 9.17) is 16.3 Å². The molecule has 1 fully saturated rings. The van der Waals surface area contributed by atoms with Crippen LogP contribution in [0.2, 0.25) is 5.02 Å². The Morgan fingerprint density at radius 2 is 1.64 bits per heavy atom. The summed E-state index contributed by atoms with van der Waals surface area (Å²) in [5, 5.41) is 3.93. The summed E-state index contributed by atoms with van der Waals surface area (Å²) >= 11 is 6.22. The van der Waals surface area contributed by atoms with E-state index in [2.05, 4.69) is 41.4 Å². The number of halogens is 1. The van der Waals surface area contributed by atoms with Crippen LogP contribution in [0.1, 0.15) is 82.1 Å². The van der Waals surface area contributed by atoms with E-state index in [1.54, 1.807) is 0 Å². The third-order valence-corrected chi connectivity index (χ3v) is 8.56. The van der Waals surface area contributed by atoms with Crippen molar-refractivity contribution in [3.05, 3.63) is 95.0 Å². The van der Waals surface area contributed by atoms with Gasteiger partial charge in [-0.05, 0) is 94.3 Å². The molecule has 1 atom stereocenters. The minimum absolute atomic E-state index is 0.0400. The topological polar surface area (TPSA) is 58.6 Å². The lowest BCUT2D eigenvalue weighted by Gasteiger charge is -2.36. The zero-order valence-corrected chi connectivity index (χ0v) is 26.3. The second-order valence-electron chi connectivity index (χ2n) is 12.5. The van der Waals surface area contributed by atoms with Gasteiger partial charge >= 0.3 is 5.97 Å². The van der Waals surface area contributed by atoms with Gasteiger partial charge in [-0.1, -0.05) is 79.2 Å². The minimum atomic E-state index is -0.496. The molecule has 1 amide bonds. The van der Waals surface area contributed by atoms with Crippen molar-refractivity contribution in [1.29, 1.82) is 0 Å². The van der Waals surface area contributed by atoms with Crippen LogP contribution in [-0.4, -0.2) is 48.1 Å². The van der Waals surface area contributed by atoms with E-state index >= 15 is 0 Å². The van der Waals surface area contributed by atoms with E-state index in [-0.39, 0.29) is 23.3 Å². The molecule has 0 radical (unpaired) electrons. The van der Waals surface area contributed by atoms with Gasteiger partial charge < -0.3 is 15.0 Å². The van der Waals surface area contributed by atoms with Crippen molar-refractivity contribution in [3.63, 3.8) is 0 Å². The zero-order chi connectivity index (χ0) is 30.2. The van der Waals surface area contributed by atoms with Crippen LogP contribution >= 0.6 is 11.6 Å². The highest BCUT2D eigenvalue weighted by Crippen LogP contribution is 2.37. The van der Waals surface area contributed by atoms with Gasteiger partial charge in [-0.25, -0.2) is 0 Å². The second-order valence-corrected chi connectivity index (χ2v) is 12.9. The van der Waals surface area contributed by atoms with Crippen molar-refractivity contribution >= 4 is 23.5 Å². The fraction of sp³-hybridized carbons (Fsp3) is 0.444. The van der Waals surface area contributed by atoms with Crippen molar-refractivity contribution in [2.24, 2.45) is 0 Å². The van der Waals surface area contributed by atoms with E-state index in [1.807, 2.05) is 75.4 Å². The first-order valence-electron chi connectivity index (χ1n) is 15.2. The highest BCUT2D eigenvalue weighted by atomic mass is 35.5. The number of carbonyl (C=O) groups excluding carboxylic acids is 2. The largest absolute Gasteiger partial charge is 0.460 e. The highest BCUT2D eigenvalue weighted by molar-refractivity contribution is 6.30. The first-order chi connectivity index (χ1) is 20.1. The summed E-state index contributed by atoms with van der Waals surface area (Å²) in [4.78, 5) is 28.7. The third-order valence-electron chi connectivity index (χ3n) is 8.33. The molecule has 42 heavy (non-hydrogen) atoms. The zero-order valence-electron chi connectivity index (χ0n) is 25.5. The summed E-state index contributed by atoms with van der Waals surface area (Å²) in [6.45, 7) is 10.8. The summed E-state index contributed by atoms with van der Waals surface area (Å²) in [6, 6.07) is 25.9. The average Bonchev–Trinajstić information content (AvgIpc) is 2.97. The molecule has 1 aliphatic heterocycles. The molecule has 1 unspecified atom stereocenters. The Hall–Kier alpha value is -3.15. The highest BCUT2D eigenvalue weighted by Gasteiger charge is 2.35. The number of nitrogens with zero attached hydrogens (tertiary/aromatic N) is 1. The van der Waals surface area contributed by atoms with Crippen molar-refractivity contribution in [2.45, 2.75) is 83.3 Å². The number of amides is 1. The summed E-state index contributed by atoms with van der Waals surface area (Å²) in [7, 11) is 0. The average molecular weight is 589 g/mol. The fourth-order valence-electron chi connectivity index (χ4n) is 6.08. The third kappa shape index (κ3) is 8.68. The van der Waals surface area contributed by atoms with Gasteiger partial charge in [-0.15, -0.1) is 0 Å². The SMILES string of the molecule is CCC(CCCN1CCC(NC(=O)c2ccccc2-c2cccc(Cl)c2)CC1)(CC(=O)OC(C)(C)C)c1ccccc1. The Morgan fingerprint density at radius 1 is 0.952 bits per heavy atom. The summed E-state index contributed by atoms with van der Waals surface area (Å²) in [6.07, 6.45) is 5.01. The van der Waals surface area contributed by atoms with Gasteiger partial charge in [0.25, 0.3) is 5.91 Å². The number of ether oxygens (including phenoxy) is 1. The van der Waals surface area contributed by atoms with Crippen LogP contribution in [0.4, 0.5) is 0 Å². The van der Waals surface area contributed by atoms with E-state index in [0.717, 1.165) is 62.9 Å².